The van der Waals surface area contributed by atoms with Crippen molar-refractivity contribution in [2.24, 2.45) is 0 Å². The molecule has 0 unspecified atom stereocenters. The summed E-state index contributed by atoms with van der Waals surface area (Å²) in [5.41, 5.74) is 1.34. The molecule has 1 aliphatic rings. The van der Waals surface area contributed by atoms with Gasteiger partial charge in [0.1, 0.15) is 0 Å². The van der Waals surface area contributed by atoms with E-state index in [0.29, 0.717) is 6.54 Å². The molecule has 0 aliphatic carbocycles. The number of aryl methyl sites for hydroxylation is 2. The summed E-state index contributed by atoms with van der Waals surface area (Å²) in [7, 11) is 0. The molecule has 1 aliphatic heterocycles. The van der Waals surface area contributed by atoms with Crippen LogP contribution in [0.15, 0.2) is 6.07 Å². The zero-order chi connectivity index (χ0) is 15.2. The number of amides is 1. The fourth-order valence-electron chi connectivity index (χ4n) is 2.78. The zero-order valence-corrected chi connectivity index (χ0v) is 13.9. The van der Waals surface area contributed by atoms with E-state index in [-0.39, 0.29) is 12.5 Å². The average Bonchev–Trinajstić information content (AvgIpc) is 2.91. The summed E-state index contributed by atoms with van der Waals surface area (Å²) in [6, 6.07) is 2.10. The van der Waals surface area contributed by atoms with Crippen LogP contribution in [0.3, 0.4) is 0 Å². The number of rotatable bonds is 6. The maximum Gasteiger partial charge on any atom is 0.264 e. The molecule has 1 aromatic heterocycles. The van der Waals surface area contributed by atoms with Crippen molar-refractivity contribution in [3.63, 3.8) is 0 Å². The van der Waals surface area contributed by atoms with Crippen LogP contribution in [0.5, 0.6) is 0 Å². The van der Waals surface area contributed by atoms with Gasteiger partial charge in [-0.25, -0.2) is 0 Å². The van der Waals surface area contributed by atoms with Gasteiger partial charge in [0.05, 0.1) is 11.5 Å². The van der Waals surface area contributed by atoms with Crippen molar-refractivity contribution in [2.75, 3.05) is 39.3 Å². The van der Waals surface area contributed by atoms with Crippen LogP contribution in [0.1, 0.15) is 40.4 Å². The third-order valence-corrected chi connectivity index (χ3v) is 5.27. The molecular formula is C16H26N2O2S. The second-order valence-electron chi connectivity index (χ2n) is 5.52. The Morgan fingerprint density at radius 3 is 2.57 bits per heavy atom. The molecule has 1 fully saturated rings. The van der Waals surface area contributed by atoms with Crippen molar-refractivity contribution >= 4 is 17.2 Å². The molecule has 1 saturated heterocycles. The van der Waals surface area contributed by atoms with Crippen LogP contribution in [-0.2, 0) is 12.8 Å². The van der Waals surface area contributed by atoms with E-state index in [0.717, 1.165) is 50.3 Å². The zero-order valence-electron chi connectivity index (χ0n) is 13.1. The van der Waals surface area contributed by atoms with Crippen molar-refractivity contribution < 1.29 is 9.90 Å². The van der Waals surface area contributed by atoms with E-state index in [1.807, 2.05) is 4.90 Å². The first-order valence-corrected chi connectivity index (χ1v) is 8.75. The van der Waals surface area contributed by atoms with E-state index in [1.165, 1.54) is 10.4 Å². The summed E-state index contributed by atoms with van der Waals surface area (Å²) in [5.74, 6) is 0.181. The quantitative estimate of drug-likeness (QED) is 0.874. The minimum Gasteiger partial charge on any atom is -0.395 e. The summed E-state index contributed by atoms with van der Waals surface area (Å²) in [6.45, 7) is 8.49. The average molecular weight is 310 g/mol. The fourth-order valence-corrected chi connectivity index (χ4v) is 4.11. The lowest BCUT2D eigenvalue weighted by molar-refractivity contribution is 0.0619. The van der Waals surface area contributed by atoms with E-state index in [9.17, 15) is 4.79 Å². The standard InChI is InChI=1S/C16H26N2O2S/c1-3-5-14-13(4-2)12-15(21-14)16(20)18-8-6-17(7-9-18)10-11-19/h12,19H,3-11H2,1-2H3. The molecule has 0 bridgehead atoms. The van der Waals surface area contributed by atoms with E-state index in [4.69, 9.17) is 5.11 Å². The second kappa shape index (κ2) is 7.92. The van der Waals surface area contributed by atoms with Crippen molar-refractivity contribution in [1.82, 2.24) is 9.80 Å². The Morgan fingerprint density at radius 2 is 2.00 bits per heavy atom. The molecule has 1 N–H and O–H groups in total. The molecule has 118 valence electrons. The van der Waals surface area contributed by atoms with Crippen molar-refractivity contribution in [3.05, 3.63) is 21.4 Å². The predicted molar refractivity (Wildman–Crippen MR) is 87.1 cm³/mol. The van der Waals surface area contributed by atoms with Gasteiger partial charge >= 0.3 is 0 Å². The maximum absolute atomic E-state index is 12.6. The van der Waals surface area contributed by atoms with Gasteiger partial charge in [0.15, 0.2) is 0 Å². The lowest BCUT2D eigenvalue weighted by atomic mass is 10.1. The highest BCUT2D eigenvalue weighted by Crippen LogP contribution is 2.26. The lowest BCUT2D eigenvalue weighted by Gasteiger charge is -2.34. The van der Waals surface area contributed by atoms with E-state index in [2.05, 4.69) is 24.8 Å². The minimum absolute atomic E-state index is 0.181. The van der Waals surface area contributed by atoms with Gasteiger partial charge in [0, 0.05) is 37.6 Å². The van der Waals surface area contributed by atoms with Crippen LogP contribution in [0.25, 0.3) is 0 Å². The van der Waals surface area contributed by atoms with E-state index < -0.39 is 0 Å². The first kappa shape index (κ1) is 16.5. The number of carbonyl (C=O) groups is 1. The Morgan fingerprint density at radius 1 is 1.29 bits per heavy atom. The van der Waals surface area contributed by atoms with Crippen LogP contribution in [-0.4, -0.2) is 60.1 Å². The SMILES string of the molecule is CCCc1sc(C(=O)N2CCN(CCO)CC2)cc1CC. The third kappa shape index (κ3) is 4.05. The Kier molecular flexibility index (Phi) is 6.21. The number of carbonyl (C=O) groups excluding carboxylic acids is 1. The molecule has 1 amide bonds. The number of thiophene rings is 1. The Balaban J connectivity index is 2.00. The number of hydrogen-bond donors (Lipinski definition) is 1. The van der Waals surface area contributed by atoms with Gasteiger partial charge in [-0.3, -0.25) is 9.69 Å². The molecule has 5 heteroatoms. The highest BCUT2D eigenvalue weighted by molar-refractivity contribution is 7.14. The smallest absolute Gasteiger partial charge is 0.264 e. The largest absolute Gasteiger partial charge is 0.395 e. The number of piperazine rings is 1. The summed E-state index contributed by atoms with van der Waals surface area (Å²) in [5, 5.41) is 8.96. The molecule has 4 nitrogen and oxygen atoms in total. The van der Waals surface area contributed by atoms with Crippen LogP contribution in [0.2, 0.25) is 0 Å². The molecule has 2 heterocycles. The maximum atomic E-state index is 12.6. The fraction of sp³-hybridized carbons (Fsp3) is 0.688. The van der Waals surface area contributed by atoms with Gasteiger partial charge in [-0.15, -0.1) is 11.3 Å². The number of aliphatic hydroxyl groups is 1. The highest BCUT2D eigenvalue weighted by atomic mass is 32.1. The Bertz CT molecular complexity index is 465. The third-order valence-electron chi connectivity index (χ3n) is 4.04. The second-order valence-corrected chi connectivity index (χ2v) is 6.66. The minimum atomic E-state index is 0.181. The van der Waals surface area contributed by atoms with E-state index >= 15 is 0 Å². The molecular weight excluding hydrogens is 284 g/mol. The van der Waals surface area contributed by atoms with Crippen LogP contribution < -0.4 is 0 Å². The van der Waals surface area contributed by atoms with Crippen LogP contribution >= 0.6 is 11.3 Å². The van der Waals surface area contributed by atoms with Gasteiger partial charge < -0.3 is 10.0 Å². The molecule has 0 radical (unpaired) electrons. The molecule has 0 atom stereocenters. The number of aliphatic hydroxyl groups excluding tert-OH is 1. The van der Waals surface area contributed by atoms with Gasteiger partial charge in [0.25, 0.3) is 5.91 Å². The summed E-state index contributed by atoms with van der Waals surface area (Å²) in [6.07, 6.45) is 3.20. The summed E-state index contributed by atoms with van der Waals surface area (Å²) >= 11 is 1.68. The molecule has 21 heavy (non-hydrogen) atoms. The van der Waals surface area contributed by atoms with Crippen molar-refractivity contribution in [1.29, 1.82) is 0 Å². The number of nitrogens with zero attached hydrogens (tertiary/aromatic N) is 2. The van der Waals surface area contributed by atoms with Crippen molar-refractivity contribution in [3.8, 4) is 0 Å². The van der Waals surface area contributed by atoms with Crippen LogP contribution in [0, 0.1) is 0 Å². The Hall–Kier alpha value is -0.910. The number of β-amino-alcohol motifs (C(OH)–C–C–N with tert-alkyl or cyclic N) is 1. The molecule has 0 saturated carbocycles. The molecule has 2 rings (SSSR count). The topological polar surface area (TPSA) is 43.8 Å². The Labute approximate surface area is 131 Å². The number of hydrogen-bond acceptors (Lipinski definition) is 4. The molecule has 0 aromatic carbocycles. The predicted octanol–water partition coefficient (Wildman–Crippen LogP) is 2.01. The first-order valence-electron chi connectivity index (χ1n) is 7.93. The molecule has 1 aromatic rings. The van der Waals surface area contributed by atoms with E-state index in [1.54, 1.807) is 11.3 Å². The van der Waals surface area contributed by atoms with Crippen molar-refractivity contribution in [2.45, 2.75) is 33.1 Å². The van der Waals surface area contributed by atoms with Gasteiger partial charge in [0.2, 0.25) is 0 Å². The highest BCUT2D eigenvalue weighted by Gasteiger charge is 2.23. The molecule has 0 spiro atoms. The van der Waals surface area contributed by atoms with Gasteiger partial charge in [-0.2, -0.15) is 0 Å². The van der Waals surface area contributed by atoms with Gasteiger partial charge in [-0.05, 0) is 24.5 Å². The summed E-state index contributed by atoms with van der Waals surface area (Å²) in [4.78, 5) is 19.0. The lowest BCUT2D eigenvalue weighted by Crippen LogP contribution is -2.49. The first-order chi connectivity index (χ1) is 10.2. The normalized spacial score (nSPS) is 16.4. The van der Waals surface area contributed by atoms with Gasteiger partial charge in [-0.1, -0.05) is 20.3 Å². The summed E-state index contributed by atoms with van der Waals surface area (Å²) < 4.78 is 0. The van der Waals surface area contributed by atoms with Crippen LogP contribution in [0.4, 0.5) is 0 Å². The monoisotopic (exact) mass is 310 g/mol.